The number of carboxylic acids is 1. The number of nitrogens with zero attached hydrogens (tertiary/aromatic N) is 2. The molecule has 2 aromatic carbocycles. The molecule has 0 aliphatic rings. The van der Waals surface area contributed by atoms with Crippen molar-refractivity contribution in [2.24, 2.45) is 0 Å². The van der Waals surface area contributed by atoms with Gasteiger partial charge in [0.2, 0.25) is 0 Å². The first kappa shape index (κ1) is 12.6. The fourth-order valence-electron chi connectivity index (χ4n) is 2.01. The molecule has 1 N–H and O–H groups in total. The maximum Gasteiger partial charge on any atom is 0.335 e. The van der Waals surface area contributed by atoms with Gasteiger partial charge in [-0.15, -0.1) is 0 Å². The average Bonchev–Trinajstić information content (AvgIpc) is 2.84. The van der Waals surface area contributed by atoms with E-state index in [2.05, 4.69) is 4.98 Å². The Labute approximate surface area is 118 Å². The van der Waals surface area contributed by atoms with Gasteiger partial charge in [0, 0.05) is 5.02 Å². The molecule has 0 spiro atoms. The van der Waals surface area contributed by atoms with Gasteiger partial charge in [-0.1, -0.05) is 11.6 Å². The molecule has 0 atom stereocenters. The van der Waals surface area contributed by atoms with Crippen LogP contribution >= 0.6 is 11.6 Å². The zero-order valence-electron chi connectivity index (χ0n) is 10.0. The predicted molar refractivity (Wildman–Crippen MR) is 73.0 cm³/mol. The minimum atomic E-state index is -1.03. The fourth-order valence-corrected chi connectivity index (χ4v) is 2.17. The van der Waals surface area contributed by atoms with E-state index in [1.54, 1.807) is 6.07 Å². The Morgan fingerprint density at radius 1 is 1.25 bits per heavy atom. The van der Waals surface area contributed by atoms with Crippen molar-refractivity contribution in [2.75, 3.05) is 0 Å². The second kappa shape index (κ2) is 4.61. The number of hydrogen-bond donors (Lipinski definition) is 1. The lowest BCUT2D eigenvalue weighted by atomic mass is 10.2. The summed E-state index contributed by atoms with van der Waals surface area (Å²) in [5, 5.41) is 9.34. The number of carboxylic acid groups (broad SMARTS) is 1. The molecule has 3 rings (SSSR count). The molecule has 3 aromatic rings. The van der Waals surface area contributed by atoms with Crippen molar-refractivity contribution < 1.29 is 14.3 Å². The van der Waals surface area contributed by atoms with Crippen LogP contribution in [0.2, 0.25) is 5.02 Å². The van der Waals surface area contributed by atoms with Gasteiger partial charge in [0.1, 0.15) is 12.1 Å². The van der Waals surface area contributed by atoms with Gasteiger partial charge in [0.05, 0.1) is 22.3 Å². The SMILES string of the molecule is O=C(O)c1ccc2c(c1)ncn2-c1cc(Cl)ccc1F. The first-order valence-electron chi connectivity index (χ1n) is 5.72. The van der Waals surface area contributed by atoms with Crippen molar-refractivity contribution in [2.45, 2.75) is 0 Å². The molecule has 0 radical (unpaired) electrons. The van der Waals surface area contributed by atoms with Crippen molar-refractivity contribution in [1.82, 2.24) is 9.55 Å². The van der Waals surface area contributed by atoms with Crippen LogP contribution in [0.4, 0.5) is 4.39 Å². The van der Waals surface area contributed by atoms with Crippen LogP contribution < -0.4 is 0 Å². The Morgan fingerprint density at radius 2 is 2.05 bits per heavy atom. The van der Waals surface area contributed by atoms with E-state index in [-0.39, 0.29) is 11.3 Å². The highest BCUT2D eigenvalue weighted by Gasteiger charge is 2.11. The van der Waals surface area contributed by atoms with Crippen molar-refractivity contribution in [3.05, 3.63) is 59.1 Å². The first-order valence-corrected chi connectivity index (χ1v) is 6.10. The second-order valence-electron chi connectivity index (χ2n) is 4.22. The van der Waals surface area contributed by atoms with E-state index in [4.69, 9.17) is 16.7 Å². The van der Waals surface area contributed by atoms with E-state index in [9.17, 15) is 9.18 Å². The molecule has 100 valence electrons. The topological polar surface area (TPSA) is 55.1 Å². The smallest absolute Gasteiger partial charge is 0.335 e. The Morgan fingerprint density at radius 3 is 2.80 bits per heavy atom. The number of halogens is 2. The number of hydrogen-bond acceptors (Lipinski definition) is 2. The molecule has 1 heterocycles. The summed E-state index contributed by atoms with van der Waals surface area (Å²) in [6, 6.07) is 8.70. The number of benzene rings is 2. The van der Waals surface area contributed by atoms with Crippen LogP contribution in [0.15, 0.2) is 42.7 Å². The standard InChI is InChI=1S/C14H8ClFN2O2/c15-9-2-3-10(16)13(6-9)18-7-17-11-5-8(14(19)20)1-4-12(11)18/h1-7H,(H,19,20). The summed E-state index contributed by atoms with van der Waals surface area (Å²) in [4.78, 5) is 15.0. The normalized spacial score (nSPS) is 10.9. The van der Waals surface area contributed by atoms with Crippen LogP contribution in [0.3, 0.4) is 0 Å². The maximum atomic E-state index is 13.9. The molecular formula is C14H8ClFN2O2. The van der Waals surface area contributed by atoms with Crippen LogP contribution in [-0.4, -0.2) is 20.6 Å². The number of aromatic nitrogens is 2. The van der Waals surface area contributed by atoms with E-state index >= 15 is 0 Å². The lowest BCUT2D eigenvalue weighted by molar-refractivity contribution is 0.0697. The van der Waals surface area contributed by atoms with Crippen LogP contribution in [0.1, 0.15) is 10.4 Å². The lowest BCUT2D eigenvalue weighted by Gasteiger charge is -2.06. The molecule has 0 fully saturated rings. The third kappa shape index (κ3) is 2.02. The molecule has 1 aromatic heterocycles. The maximum absolute atomic E-state index is 13.9. The van der Waals surface area contributed by atoms with Crippen molar-refractivity contribution in [1.29, 1.82) is 0 Å². The van der Waals surface area contributed by atoms with Gasteiger partial charge >= 0.3 is 5.97 Å². The molecule has 0 aliphatic carbocycles. The first-order chi connectivity index (χ1) is 9.56. The van der Waals surface area contributed by atoms with Crippen LogP contribution in [0.25, 0.3) is 16.7 Å². The molecule has 0 saturated carbocycles. The number of imidazole rings is 1. The molecule has 6 heteroatoms. The predicted octanol–water partition coefficient (Wildman–Crippen LogP) is 3.52. The highest BCUT2D eigenvalue weighted by Crippen LogP contribution is 2.24. The summed E-state index contributed by atoms with van der Waals surface area (Å²) in [5.41, 5.74) is 1.48. The van der Waals surface area contributed by atoms with Gasteiger partial charge in [0.15, 0.2) is 0 Å². The molecule has 4 nitrogen and oxygen atoms in total. The van der Waals surface area contributed by atoms with Crippen LogP contribution in [0.5, 0.6) is 0 Å². The highest BCUT2D eigenvalue weighted by molar-refractivity contribution is 6.30. The average molecular weight is 291 g/mol. The zero-order chi connectivity index (χ0) is 14.3. The molecule has 0 amide bonds. The van der Waals surface area contributed by atoms with E-state index in [0.717, 1.165) is 0 Å². The number of rotatable bonds is 2. The van der Waals surface area contributed by atoms with E-state index in [1.807, 2.05) is 0 Å². The summed E-state index contributed by atoms with van der Waals surface area (Å²) < 4.78 is 15.4. The quantitative estimate of drug-likeness (QED) is 0.785. The van der Waals surface area contributed by atoms with E-state index < -0.39 is 11.8 Å². The minimum Gasteiger partial charge on any atom is -0.478 e. The Kier molecular flexibility index (Phi) is 2.91. The van der Waals surface area contributed by atoms with E-state index in [1.165, 1.54) is 41.2 Å². The van der Waals surface area contributed by atoms with Gasteiger partial charge in [0.25, 0.3) is 0 Å². The number of aromatic carboxylic acids is 1. The lowest BCUT2D eigenvalue weighted by Crippen LogP contribution is -1.98. The van der Waals surface area contributed by atoms with Gasteiger partial charge < -0.3 is 5.11 Å². The van der Waals surface area contributed by atoms with Gasteiger partial charge in [-0.05, 0) is 36.4 Å². The van der Waals surface area contributed by atoms with Crippen LogP contribution in [0, 0.1) is 5.82 Å². The summed E-state index contributed by atoms with van der Waals surface area (Å²) >= 11 is 5.87. The van der Waals surface area contributed by atoms with E-state index in [0.29, 0.717) is 16.1 Å². The summed E-state index contributed by atoms with van der Waals surface area (Å²) in [6.07, 6.45) is 1.44. The molecule has 0 bridgehead atoms. The number of carbonyl (C=O) groups is 1. The largest absolute Gasteiger partial charge is 0.478 e. The molecule has 0 aliphatic heterocycles. The van der Waals surface area contributed by atoms with Crippen molar-refractivity contribution in [3.8, 4) is 5.69 Å². The second-order valence-corrected chi connectivity index (χ2v) is 4.66. The summed E-state index contributed by atoms with van der Waals surface area (Å²) in [6.45, 7) is 0. The van der Waals surface area contributed by atoms with Gasteiger partial charge in [-0.2, -0.15) is 0 Å². The monoisotopic (exact) mass is 290 g/mol. The zero-order valence-corrected chi connectivity index (χ0v) is 10.8. The van der Waals surface area contributed by atoms with Gasteiger partial charge in [-0.3, -0.25) is 4.57 Å². The third-order valence-electron chi connectivity index (χ3n) is 2.96. The molecule has 0 unspecified atom stereocenters. The van der Waals surface area contributed by atoms with Gasteiger partial charge in [-0.25, -0.2) is 14.2 Å². The highest BCUT2D eigenvalue weighted by atomic mass is 35.5. The number of fused-ring (bicyclic) bond motifs is 1. The molecular weight excluding hydrogens is 283 g/mol. The Bertz CT molecular complexity index is 829. The fraction of sp³-hybridized carbons (Fsp3) is 0. The Hall–Kier alpha value is -2.40. The Balaban J connectivity index is 2.22. The van der Waals surface area contributed by atoms with Crippen molar-refractivity contribution in [3.63, 3.8) is 0 Å². The molecule has 0 saturated heterocycles. The third-order valence-corrected chi connectivity index (χ3v) is 3.20. The summed E-state index contributed by atoms with van der Waals surface area (Å²) in [7, 11) is 0. The summed E-state index contributed by atoms with van der Waals surface area (Å²) in [5.74, 6) is -1.47. The molecule has 20 heavy (non-hydrogen) atoms. The van der Waals surface area contributed by atoms with Crippen molar-refractivity contribution >= 4 is 28.6 Å². The minimum absolute atomic E-state index is 0.134. The van der Waals surface area contributed by atoms with Crippen LogP contribution in [-0.2, 0) is 0 Å².